The lowest BCUT2D eigenvalue weighted by atomic mass is 10.0. The van der Waals surface area contributed by atoms with Gasteiger partial charge < -0.3 is 10.2 Å². The summed E-state index contributed by atoms with van der Waals surface area (Å²) in [5.74, 6) is 0.339. The molecule has 0 atom stereocenters. The first-order valence-electron chi connectivity index (χ1n) is 8.02. The van der Waals surface area contributed by atoms with E-state index in [0.29, 0.717) is 16.2 Å². The predicted molar refractivity (Wildman–Crippen MR) is 106 cm³/mol. The third-order valence-corrected chi connectivity index (χ3v) is 4.21. The number of nitrogens with one attached hydrogen (secondary N) is 1. The van der Waals surface area contributed by atoms with E-state index in [0.717, 1.165) is 22.4 Å². The van der Waals surface area contributed by atoms with Gasteiger partial charge in [0.2, 0.25) is 0 Å². The fraction of sp³-hybridized carbons (Fsp3) is 0.100. The lowest BCUT2D eigenvalue weighted by Crippen LogP contribution is -2.04. The van der Waals surface area contributed by atoms with Gasteiger partial charge in [-0.05, 0) is 49.8 Å². The van der Waals surface area contributed by atoms with E-state index >= 15 is 0 Å². The minimum Gasteiger partial charge on any atom is -0.508 e. The van der Waals surface area contributed by atoms with Gasteiger partial charge >= 0.3 is 0 Å². The molecule has 0 unspecified atom stereocenters. The molecule has 3 N–H and O–H groups in total. The average Bonchev–Trinajstić information content (AvgIpc) is 2.94. The summed E-state index contributed by atoms with van der Waals surface area (Å²) in [6, 6.07) is 12.3. The molecule has 0 fully saturated rings. The molecular formula is C20H19N3O2S. The number of nitrogens with zero attached hydrogens (tertiary/aromatic N) is 2. The molecule has 6 heteroatoms. The number of phenolic OH excluding ortho intramolecular Hbond substituents is 2. The predicted octanol–water partition coefficient (Wildman–Crippen LogP) is 4.79. The van der Waals surface area contributed by atoms with Gasteiger partial charge in [-0.15, -0.1) is 0 Å². The lowest BCUT2D eigenvalue weighted by Gasteiger charge is -2.15. The molecule has 1 aromatic heterocycles. The number of aromatic nitrogens is 3. The van der Waals surface area contributed by atoms with Crippen molar-refractivity contribution in [2.75, 3.05) is 0 Å². The minimum absolute atomic E-state index is 0.0245. The second-order valence-corrected chi connectivity index (χ2v) is 6.47. The van der Waals surface area contributed by atoms with Crippen molar-refractivity contribution in [3.8, 4) is 22.9 Å². The number of H-pyrrole nitrogens is 1. The summed E-state index contributed by atoms with van der Waals surface area (Å²) in [6.45, 7) is 7.90. The lowest BCUT2D eigenvalue weighted by molar-refractivity contribution is 0.451. The Labute approximate surface area is 156 Å². The number of phenols is 2. The molecule has 2 aromatic carbocycles. The molecule has 132 valence electrons. The van der Waals surface area contributed by atoms with Crippen molar-refractivity contribution in [2.24, 2.45) is 0 Å². The quantitative estimate of drug-likeness (QED) is 0.459. The van der Waals surface area contributed by atoms with Crippen LogP contribution in [-0.2, 0) is 0 Å². The second-order valence-electron chi connectivity index (χ2n) is 6.08. The van der Waals surface area contributed by atoms with E-state index in [9.17, 15) is 10.2 Å². The maximum atomic E-state index is 10.3. The molecule has 0 saturated carbocycles. The van der Waals surface area contributed by atoms with Crippen LogP contribution in [0.25, 0.3) is 17.1 Å². The molecule has 0 spiro atoms. The first-order chi connectivity index (χ1) is 12.4. The van der Waals surface area contributed by atoms with Crippen molar-refractivity contribution >= 4 is 17.9 Å². The molecule has 0 aliphatic heterocycles. The topological polar surface area (TPSA) is 74.1 Å². The van der Waals surface area contributed by atoms with Crippen LogP contribution in [0.5, 0.6) is 11.5 Å². The first-order valence-corrected chi connectivity index (χ1v) is 8.42. The van der Waals surface area contributed by atoms with Gasteiger partial charge in [0.25, 0.3) is 0 Å². The standard InChI is InChI=1S/C20H19N3O2S/c1-12(2)10-17(15-7-5-4-6-13(15)3)23-19(21-22-20(23)26)16-9-8-14(24)11-18(16)25/h4-11,24-25H,1H2,2-3H3,(H,22,26). The monoisotopic (exact) mass is 365 g/mol. The molecule has 0 aliphatic rings. The van der Waals surface area contributed by atoms with Crippen LogP contribution in [0.1, 0.15) is 18.1 Å². The molecular weight excluding hydrogens is 346 g/mol. The summed E-state index contributed by atoms with van der Waals surface area (Å²) < 4.78 is 2.15. The Kier molecular flexibility index (Phi) is 4.77. The number of aryl methyl sites for hydroxylation is 1. The molecule has 0 bridgehead atoms. The van der Waals surface area contributed by atoms with Crippen LogP contribution in [0.15, 0.2) is 60.7 Å². The number of rotatable bonds is 4. The van der Waals surface area contributed by atoms with Gasteiger partial charge in [0.05, 0.1) is 11.3 Å². The first kappa shape index (κ1) is 17.7. The Morgan fingerprint density at radius 3 is 2.62 bits per heavy atom. The molecule has 3 rings (SSSR count). The van der Waals surface area contributed by atoms with Crippen molar-refractivity contribution in [2.45, 2.75) is 13.8 Å². The van der Waals surface area contributed by atoms with E-state index in [4.69, 9.17) is 12.2 Å². The van der Waals surface area contributed by atoms with E-state index < -0.39 is 0 Å². The second kappa shape index (κ2) is 7.01. The van der Waals surface area contributed by atoms with Gasteiger partial charge in [-0.2, -0.15) is 5.10 Å². The number of benzene rings is 2. The summed E-state index contributed by atoms with van der Waals surface area (Å²) in [4.78, 5) is 0. The highest BCUT2D eigenvalue weighted by molar-refractivity contribution is 7.71. The fourth-order valence-electron chi connectivity index (χ4n) is 2.77. The van der Waals surface area contributed by atoms with Crippen molar-refractivity contribution < 1.29 is 10.2 Å². The van der Waals surface area contributed by atoms with Crippen LogP contribution >= 0.6 is 12.2 Å². The highest BCUT2D eigenvalue weighted by Gasteiger charge is 2.18. The van der Waals surface area contributed by atoms with Crippen LogP contribution in [0, 0.1) is 11.7 Å². The smallest absolute Gasteiger partial charge is 0.200 e. The van der Waals surface area contributed by atoms with Crippen molar-refractivity contribution in [3.63, 3.8) is 0 Å². The van der Waals surface area contributed by atoms with Crippen molar-refractivity contribution in [3.05, 3.63) is 76.6 Å². The third kappa shape index (κ3) is 3.32. The van der Waals surface area contributed by atoms with Crippen molar-refractivity contribution in [1.82, 2.24) is 14.8 Å². The van der Waals surface area contributed by atoms with E-state index in [1.165, 1.54) is 12.1 Å². The van der Waals surface area contributed by atoms with Crippen LogP contribution in [0.2, 0.25) is 0 Å². The van der Waals surface area contributed by atoms with Gasteiger partial charge in [0.1, 0.15) is 11.5 Å². The summed E-state index contributed by atoms with van der Waals surface area (Å²) in [5, 5.41) is 26.9. The van der Waals surface area contributed by atoms with Gasteiger partial charge in [-0.1, -0.05) is 36.4 Å². The number of hydrogen-bond donors (Lipinski definition) is 3. The third-order valence-electron chi connectivity index (χ3n) is 3.94. The Morgan fingerprint density at radius 1 is 1.23 bits per heavy atom. The normalized spacial score (nSPS) is 11.5. The molecule has 0 saturated heterocycles. The van der Waals surface area contributed by atoms with Crippen molar-refractivity contribution in [1.29, 1.82) is 0 Å². The summed E-state index contributed by atoms with van der Waals surface area (Å²) in [6.07, 6.45) is 1.93. The Bertz CT molecular complexity index is 1080. The zero-order valence-corrected chi connectivity index (χ0v) is 15.3. The van der Waals surface area contributed by atoms with E-state index in [2.05, 4.69) is 16.8 Å². The largest absolute Gasteiger partial charge is 0.508 e. The van der Waals surface area contributed by atoms with E-state index in [-0.39, 0.29) is 11.5 Å². The zero-order chi connectivity index (χ0) is 18.8. The molecule has 1 heterocycles. The SMILES string of the molecule is C=C(C)C=C(c1ccccc1C)n1c(-c2ccc(O)cc2O)n[nH]c1=S. The van der Waals surface area contributed by atoms with E-state index in [1.54, 1.807) is 10.6 Å². The summed E-state index contributed by atoms with van der Waals surface area (Å²) in [7, 11) is 0. The number of hydrogen-bond acceptors (Lipinski definition) is 4. The van der Waals surface area contributed by atoms with Crippen LogP contribution in [0.4, 0.5) is 0 Å². The Balaban J connectivity index is 2.31. The average molecular weight is 365 g/mol. The molecule has 5 nitrogen and oxygen atoms in total. The Morgan fingerprint density at radius 2 is 1.96 bits per heavy atom. The number of allylic oxidation sites excluding steroid dienone is 2. The van der Waals surface area contributed by atoms with Crippen LogP contribution in [0.3, 0.4) is 0 Å². The molecule has 3 aromatic rings. The van der Waals surface area contributed by atoms with Gasteiger partial charge in [-0.25, -0.2) is 0 Å². The summed E-state index contributed by atoms with van der Waals surface area (Å²) >= 11 is 5.46. The maximum Gasteiger partial charge on any atom is 0.200 e. The fourth-order valence-corrected chi connectivity index (χ4v) is 3.00. The number of aromatic hydroxyl groups is 2. The van der Waals surface area contributed by atoms with E-state index in [1.807, 2.05) is 44.2 Å². The van der Waals surface area contributed by atoms with Crippen LogP contribution < -0.4 is 0 Å². The highest BCUT2D eigenvalue weighted by atomic mass is 32.1. The van der Waals surface area contributed by atoms with Gasteiger partial charge in [0.15, 0.2) is 10.6 Å². The molecule has 0 amide bonds. The highest BCUT2D eigenvalue weighted by Crippen LogP contribution is 2.34. The molecule has 26 heavy (non-hydrogen) atoms. The zero-order valence-electron chi connectivity index (χ0n) is 14.5. The minimum atomic E-state index is -0.0836. The molecule has 0 radical (unpaired) electrons. The summed E-state index contributed by atoms with van der Waals surface area (Å²) in [5.41, 5.74) is 4.16. The van der Waals surface area contributed by atoms with Gasteiger partial charge in [-0.3, -0.25) is 9.67 Å². The van der Waals surface area contributed by atoms with Crippen LogP contribution in [-0.4, -0.2) is 25.0 Å². The Hall–Kier alpha value is -3.12. The van der Waals surface area contributed by atoms with Gasteiger partial charge in [0, 0.05) is 11.6 Å². The maximum absolute atomic E-state index is 10.3. The molecule has 0 aliphatic carbocycles. The number of aromatic amines is 1.